The Bertz CT molecular complexity index is 852. The zero-order valence-electron chi connectivity index (χ0n) is 18.8. The van der Waals surface area contributed by atoms with Gasteiger partial charge >= 0.3 is 0 Å². The van der Waals surface area contributed by atoms with Crippen LogP contribution in [-0.2, 0) is 10.2 Å². The highest BCUT2D eigenvalue weighted by Gasteiger charge is 2.21. The number of nitrogens with one attached hydrogen (secondary N) is 1. The quantitative estimate of drug-likeness (QED) is 0.744. The number of piperazine rings is 1. The predicted molar refractivity (Wildman–Crippen MR) is 122 cm³/mol. The van der Waals surface area contributed by atoms with E-state index in [-0.39, 0.29) is 23.8 Å². The van der Waals surface area contributed by atoms with Gasteiger partial charge in [-0.25, -0.2) is 0 Å². The van der Waals surface area contributed by atoms with Gasteiger partial charge < -0.3 is 15.0 Å². The van der Waals surface area contributed by atoms with Gasteiger partial charge in [-0.2, -0.15) is 0 Å². The number of hydrogen-bond acceptors (Lipinski definition) is 4. The van der Waals surface area contributed by atoms with E-state index in [4.69, 9.17) is 4.74 Å². The molecule has 6 heteroatoms. The average molecular weight is 424 g/mol. The highest BCUT2D eigenvalue weighted by molar-refractivity contribution is 5.96. The summed E-state index contributed by atoms with van der Waals surface area (Å²) in [5, 5.41) is 2.75. The van der Waals surface area contributed by atoms with Crippen molar-refractivity contribution in [2.24, 2.45) is 0 Å². The first-order chi connectivity index (χ1) is 14.8. The van der Waals surface area contributed by atoms with Crippen molar-refractivity contribution >= 4 is 11.8 Å². The van der Waals surface area contributed by atoms with Crippen molar-refractivity contribution in [2.45, 2.75) is 26.2 Å². The largest absolute Gasteiger partial charge is 0.492 e. The fraction of sp³-hybridized carbons (Fsp3) is 0.440. The van der Waals surface area contributed by atoms with Crippen LogP contribution in [0.5, 0.6) is 5.75 Å². The van der Waals surface area contributed by atoms with Crippen LogP contribution in [0.4, 0.5) is 0 Å². The van der Waals surface area contributed by atoms with Crippen molar-refractivity contribution in [3.63, 3.8) is 0 Å². The van der Waals surface area contributed by atoms with E-state index in [9.17, 15) is 9.59 Å². The standard InChI is InChI=1S/C25H33N3O3/c1-25(2,3)21-11-9-20(10-12-21)24(30)26-19-23(29)28-15-13-27(14-16-28)17-18-31-22-7-5-4-6-8-22/h4-12H,13-19H2,1-3H3,(H,26,30). The Morgan fingerprint density at radius 3 is 2.19 bits per heavy atom. The van der Waals surface area contributed by atoms with Crippen LogP contribution in [0.25, 0.3) is 0 Å². The van der Waals surface area contributed by atoms with Gasteiger partial charge in [-0.05, 0) is 35.2 Å². The van der Waals surface area contributed by atoms with Gasteiger partial charge in [0.15, 0.2) is 0 Å². The lowest BCUT2D eigenvalue weighted by atomic mass is 9.87. The number of benzene rings is 2. The molecule has 0 radical (unpaired) electrons. The first-order valence-electron chi connectivity index (χ1n) is 10.9. The van der Waals surface area contributed by atoms with Gasteiger partial charge in [0.25, 0.3) is 5.91 Å². The van der Waals surface area contributed by atoms with Crippen molar-refractivity contribution in [1.29, 1.82) is 0 Å². The number of hydrogen-bond donors (Lipinski definition) is 1. The first-order valence-corrected chi connectivity index (χ1v) is 10.9. The van der Waals surface area contributed by atoms with Crippen molar-refractivity contribution < 1.29 is 14.3 Å². The van der Waals surface area contributed by atoms with Gasteiger partial charge in [-0.3, -0.25) is 14.5 Å². The van der Waals surface area contributed by atoms with Crippen LogP contribution in [-0.4, -0.2) is 67.5 Å². The molecule has 1 fully saturated rings. The van der Waals surface area contributed by atoms with Crippen molar-refractivity contribution in [3.8, 4) is 5.75 Å². The van der Waals surface area contributed by atoms with E-state index in [1.165, 1.54) is 5.56 Å². The molecule has 0 bridgehead atoms. The molecule has 0 aliphatic carbocycles. The van der Waals surface area contributed by atoms with Crippen LogP contribution >= 0.6 is 0 Å². The van der Waals surface area contributed by atoms with E-state index < -0.39 is 0 Å². The van der Waals surface area contributed by atoms with E-state index in [0.29, 0.717) is 25.3 Å². The summed E-state index contributed by atoms with van der Waals surface area (Å²) in [4.78, 5) is 29.0. The molecular formula is C25H33N3O3. The summed E-state index contributed by atoms with van der Waals surface area (Å²) in [6.45, 7) is 10.8. The summed E-state index contributed by atoms with van der Waals surface area (Å²) >= 11 is 0. The smallest absolute Gasteiger partial charge is 0.251 e. The van der Waals surface area contributed by atoms with Crippen LogP contribution in [0.3, 0.4) is 0 Å². The second-order valence-electron chi connectivity index (χ2n) is 8.89. The molecule has 31 heavy (non-hydrogen) atoms. The number of ether oxygens (including phenoxy) is 1. The van der Waals surface area contributed by atoms with Crippen LogP contribution in [0.2, 0.25) is 0 Å². The van der Waals surface area contributed by atoms with Crippen LogP contribution in [0, 0.1) is 0 Å². The second-order valence-corrected chi connectivity index (χ2v) is 8.89. The number of carbonyl (C=O) groups excluding carboxylic acids is 2. The molecule has 0 unspecified atom stereocenters. The highest BCUT2D eigenvalue weighted by atomic mass is 16.5. The summed E-state index contributed by atoms with van der Waals surface area (Å²) in [6, 6.07) is 17.4. The highest BCUT2D eigenvalue weighted by Crippen LogP contribution is 2.22. The molecule has 166 valence electrons. The summed E-state index contributed by atoms with van der Waals surface area (Å²) in [5.74, 6) is 0.616. The third-order valence-electron chi connectivity index (χ3n) is 5.56. The number of para-hydroxylation sites is 1. The zero-order chi connectivity index (χ0) is 22.3. The summed E-state index contributed by atoms with van der Waals surface area (Å²) in [5.41, 5.74) is 1.79. The summed E-state index contributed by atoms with van der Waals surface area (Å²) in [7, 11) is 0. The monoisotopic (exact) mass is 423 g/mol. The van der Waals surface area contributed by atoms with Gasteiger partial charge in [0.2, 0.25) is 5.91 Å². The van der Waals surface area contributed by atoms with Crippen LogP contribution < -0.4 is 10.1 Å². The average Bonchev–Trinajstić information content (AvgIpc) is 2.78. The number of carbonyl (C=O) groups is 2. The topological polar surface area (TPSA) is 61.9 Å². The Labute approximate surface area is 185 Å². The minimum Gasteiger partial charge on any atom is -0.492 e. The summed E-state index contributed by atoms with van der Waals surface area (Å²) in [6.07, 6.45) is 0. The Balaban J connectivity index is 1.36. The number of rotatable bonds is 7. The molecule has 6 nitrogen and oxygen atoms in total. The molecule has 0 saturated carbocycles. The third kappa shape index (κ3) is 6.82. The van der Waals surface area contributed by atoms with E-state index in [2.05, 4.69) is 31.0 Å². The van der Waals surface area contributed by atoms with Crippen molar-refractivity contribution in [2.75, 3.05) is 45.9 Å². The molecule has 0 spiro atoms. The van der Waals surface area contributed by atoms with Crippen LogP contribution in [0.15, 0.2) is 54.6 Å². The van der Waals surface area contributed by atoms with Gasteiger partial charge in [0, 0.05) is 38.3 Å². The fourth-order valence-electron chi connectivity index (χ4n) is 3.52. The Kier molecular flexibility index (Phi) is 7.69. The van der Waals surface area contributed by atoms with E-state index in [1.807, 2.05) is 59.5 Å². The molecule has 0 atom stereocenters. The summed E-state index contributed by atoms with van der Waals surface area (Å²) < 4.78 is 5.75. The van der Waals surface area contributed by atoms with E-state index in [1.54, 1.807) is 0 Å². The maximum Gasteiger partial charge on any atom is 0.251 e. The normalized spacial score (nSPS) is 14.9. The molecule has 1 N–H and O–H groups in total. The molecule has 1 saturated heterocycles. The van der Waals surface area contributed by atoms with Gasteiger partial charge in [-0.1, -0.05) is 51.1 Å². The van der Waals surface area contributed by atoms with E-state index >= 15 is 0 Å². The number of nitrogens with zero attached hydrogens (tertiary/aromatic N) is 2. The molecule has 2 amide bonds. The SMILES string of the molecule is CC(C)(C)c1ccc(C(=O)NCC(=O)N2CCN(CCOc3ccccc3)CC2)cc1. The van der Waals surface area contributed by atoms with E-state index in [0.717, 1.165) is 25.4 Å². The predicted octanol–water partition coefficient (Wildman–Crippen LogP) is 2.94. The Morgan fingerprint density at radius 1 is 0.935 bits per heavy atom. The minimum atomic E-state index is -0.217. The molecule has 1 heterocycles. The third-order valence-corrected chi connectivity index (χ3v) is 5.56. The van der Waals surface area contributed by atoms with Crippen molar-refractivity contribution in [1.82, 2.24) is 15.1 Å². The lowest BCUT2D eigenvalue weighted by Gasteiger charge is -2.34. The Morgan fingerprint density at radius 2 is 1.58 bits per heavy atom. The molecule has 1 aliphatic heterocycles. The fourth-order valence-corrected chi connectivity index (χ4v) is 3.52. The molecular weight excluding hydrogens is 390 g/mol. The molecule has 2 aromatic carbocycles. The lowest BCUT2D eigenvalue weighted by Crippen LogP contribution is -2.51. The lowest BCUT2D eigenvalue weighted by molar-refractivity contribution is -0.131. The van der Waals surface area contributed by atoms with Crippen molar-refractivity contribution in [3.05, 3.63) is 65.7 Å². The van der Waals surface area contributed by atoms with Crippen LogP contribution in [0.1, 0.15) is 36.7 Å². The maximum absolute atomic E-state index is 12.5. The molecule has 3 rings (SSSR count). The Hall–Kier alpha value is -2.86. The minimum absolute atomic E-state index is 0.0248. The molecule has 1 aliphatic rings. The zero-order valence-corrected chi connectivity index (χ0v) is 18.8. The number of amides is 2. The molecule has 2 aromatic rings. The maximum atomic E-state index is 12.5. The second kappa shape index (κ2) is 10.4. The molecule has 0 aromatic heterocycles. The first kappa shape index (κ1) is 22.8. The van der Waals surface area contributed by atoms with Gasteiger partial charge in [0.1, 0.15) is 12.4 Å². The van der Waals surface area contributed by atoms with Gasteiger partial charge in [0.05, 0.1) is 6.54 Å². The van der Waals surface area contributed by atoms with Gasteiger partial charge in [-0.15, -0.1) is 0 Å².